The number of rotatable bonds is 4. The van der Waals surface area contributed by atoms with Crippen molar-refractivity contribution >= 4 is 5.91 Å². The largest absolute Gasteiger partial charge is 0.416 e. The molecule has 1 fully saturated rings. The molecule has 134 valence electrons. The summed E-state index contributed by atoms with van der Waals surface area (Å²) in [5, 5.41) is 3.76. The summed E-state index contributed by atoms with van der Waals surface area (Å²) < 4.78 is 43.5. The monoisotopic (exact) mass is 354 g/mol. The zero-order valence-electron chi connectivity index (χ0n) is 13.3. The molecule has 6 nitrogen and oxygen atoms in total. The van der Waals surface area contributed by atoms with E-state index in [4.69, 9.17) is 10.3 Å². The predicted molar refractivity (Wildman–Crippen MR) is 81.9 cm³/mol. The number of amides is 1. The molecule has 9 heteroatoms. The Hall–Kier alpha value is -2.42. The number of piperidine rings is 1. The number of primary amides is 1. The lowest BCUT2D eigenvalue weighted by Gasteiger charge is -2.29. The Morgan fingerprint density at radius 1 is 1.32 bits per heavy atom. The highest BCUT2D eigenvalue weighted by Gasteiger charge is 2.31. The molecule has 0 bridgehead atoms. The second kappa shape index (κ2) is 6.83. The van der Waals surface area contributed by atoms with E-state index in [0.29, 0.717) is 38.4 Å². The lowest BCUT2D eigenvalue weighted by Crippen LogP contribution is -2.38. The molecule has 0 saturated carbocycles. The summed E-state index contributed by atoms with van der Waals surface area (Å²) in [4.78, 5) is 17.4. The highest BCUT2D eigenvalue weighted by Crippen LogP contribution is 2.31. The second-order valence-electron chi connectivity index (χ2n) is 6.04. The first-order valence-electron chi connectivity index (χ1n) is 7.85. The highest BCUT2D eigenvalue weighted by molar-refractivity contribution is 5.76. The van der Waals surface area contributed by atoms with Gasteiger partial charge in [0.1, 0.15) is 0 Å². The number of alkyl halides is 3. The van der Waals surface area contributed by atoms with Crippen LogP contribution in [-0.2, 0) is 17.5 Å². The van der Waals surface area contributed by atoms with Crippen LogP contribution in [0.1, 0.15) is 24.3 Å². The van der Waals surface area contributed by atoms with Crippen molar-refractivity contribution in [3.8, 4) is 11.4 Å². The molecule has 2 aromatic rings. The van der Waals surface area contributed by atoms with Crippen LogP contribution >= 0.6 is 0 Å². The van der Waals surface area contributed by atoms with Gasteiger partial charge in [0.25, 0.3) is 0 Å². The number of likely N-dealkylation sites (tertiary alicyclic amines) is 1. The van der Waals surface area contributed by atoms with Crippen molar-refractivity contribution in [2.24, 2.45) is 11.7 Å². The molecule has 0 radical (unpaired) electrons. The van der Waals surface area contributed by atoms with E-state index in [2.05, 4.69) is 10.1 Å². The molecule has 0 aliphatic carbocycles. The highest BCUT2D eigenvalue weighted by atomic mass is 19.4. The van der Waals surface area contributed by atoms with E-state index in [1.165, 1.54) is 12.1 Å². The van der Waals surface area contributed by atoms with Crippen LogP contribution in [0.3, 0.4) is 0 Å². The number of aromatic nitrogens is 2. The van der Waals surface area contributed by atoms with E-state index < -0.39 is 11.7 Å². The van der Waals surface area contributed by atoms with E-state index in [1.54, 1.807) is 0 Å². The van der Waals surface area contributed by atoms with Gasteiger partial charge in [0.2, 0.25) is 17.6 Å². The molecule has 1 aromatic carbocycles. The van der Waals surface area contributed by atoms with Crippen LogP contribution in [0.2, 0.25) is 0 Å². The number of carbonyl (C=O) groups is 1. The third-order valence-electron chi connectivity index (χ3n) is 4.26. The molecule has 2 heterocycles. The van der Waals surface area contributed by atoms with E-state index in [0.717, 1.165) is 12.1 Å². The molecular weight excluding hydrogens is 337 g/mol. The van der Waals surface area contributed by atoms with Gasteiger partial charge in [0.15, 0.2) is 0 Å². The molecule has 1 aliphatic heterocycles. The van der Waals surface area contributed by atoms with Crippen molar-refractivity contribution in [2.75, 3.05) is 13.1 Å². The molecule has 3 rings (SSSR count). The Morgan fingerprint density at radius 3 is 2.68 bits per heavy atom. The van der Waals surface area contributed by atoms with Gasteiger partial charge < -0.3 is 10.3 Å². The fourth-order valence-electron chi connectivity index (χ4n) is 2.84. The average molecular weight is 354 g/mol. The normalized spacial score (nSPS) is 16.9. The van der Waals surface area contributed by atoms with Crippen molar-refractivity contribution in [3.63, 3.8) is 0 Å². The van der Waals surface area contributed by atoms with Crippen LogP contribution in [0.4, 0.5) is 13.2 Å². The second-order valence-corrected chi connectivity index (χ2v) is 6.04. The topological polar surface area (TPSA) is 85.3 Å². The quantitative estimate of drug-likeness (QED) is 0.912. The van der Waals surface area contributed by atoms with Crippen LogP contribution < -0.4 is 5.73 Å². The standard InChI is InChI=1S/C16H17F3N4O2/c17-16(18,19)12-3-1-2-11(8-12)15-21-13(25-22-15)9-23-6-4-10(5-7-23)14(20)24/h1-3,8,10H,4-7,9H2,(H2,20,24). The van der Waals surface area contributed by atoms with Crippen molar-refractivity contribution in [3.05, 3.63) is 35.7 Å². The smallest absolute Gasteiger partial charge is 0.369 e. The Bertz CT molecular complexity index is 752. The van der Waals surface area contributed by atoms with Crippen molar-refractivity contribution in [2.45, 2.75) is 25.6 Å². The molecule has 25 heavy (non-hydrogen) atoms. The molecular formula is C16H17F3N4O2. The fourth-order valence-corrected chi connectivity index (χ4v) is 2.84. The van der Waals surface area contributed by atoms with Gasteiger partial charge >= 0.3 is 6.18 Å². The molecule has 0 atom stereocenters. The first-order chi connectivity index (χ1) is 11.8. The Kier molecular flexibility index (Phi) is 4.76. The first kappa shape index (κ1) is 17.4. The van der Waals surface area contributed by atoms with Crippen molar-refractivity contribution in [1.82, 2.24) is 15.0 Å². The van der Waals surface area contributed by atoms with Crippen LogP contribution in [0.15, 0.2) is 28.8 Å². The van der Waals surface area contributed by atoms with Crippen LogP contribution in [0.5, 0.6) is 0 Å². The average Bonchev–Trinajstić information content (AvgIpc) is 3.03. The lowest BCUT2D eigenvalue weighted by molar-refractivity contribution is -0.137. The minimum atomic E-state index is -4.42. The maximum atomic E-state index is 12.8. The number of halogens is 3. The van der Waals surface area contributed by atoms with Gasteiger partial charge in [-0.3, -0.25) is 9.69 Å². The number of hydrogen-bond acceptors (Lipinski definition) is 5. The number of hydrogen-bond donors (Lipinski definition) is 1. The molecule has 0 unspecified atom stereocenters. The summed E-state index contributed by atoms with van der Waals surface area (Å²) >= 11 is 0. The molecule has 1 saturated heterocycles. The number of nitrogens with two attached hydrogens (primary N) is 1. The molecule has 1 aromatic heterocycles. The third-order valence-corrected chi connectivity index (χ3v) is 4.26. The Labute approximate surface area is 141 Å². The van der Waals surface area contributed by atoms with Crippen molar-refractivity contribution < 1.29 is 22.5 Å². The van der Waals surface area contributed by atoms with Gasteiger partial charge in [0.05, 0.1) is 12.1 Å². The summed E-state index contributed by atoms with van der Waals surface area (Å²) in [7, 11) is 0. The van der Waals surface area contributed by atoms with Gasteiger partial charge in [-0.25, -0.2) is 0 Å². The van der Waals surface area contributed by atoms with Gasteiger partial charge in [0, 0.05) is 11.5 Å². The lowest BCUT2D eigenvalue weighted by atomic mass is 9.96. The Morgan fingerprint density at radius 2 is 2.04 bits per heavy atom. The maximum absolute atomic E-state index is 12.8. The number of carbonyl (C=O) groups excluding carboxylic acids is 1. The summed E-state index contributed by atoms with van der Waals surface area (Å²) in [5.41, 5.74) is 4.79. The fraction of sp³-hybridized carbons (Fsp3) is 0.438. The first-order valence-corrected chi connectivity index (χ1v) is 7.85. The Balaban J connectivity index is 1.66. The SMILES string of the molecule is NC(=O)C1CCN(Cc2nc(-c3cccc(C(F)(F)F)c3)no2)CC1. The van der Waals surface area contributed by atoms with Crippen molar-refractivity contribution in [1.29, 1.82) is 0 Å². The third kappa shape index (κ3) is 4.16. The number of nitrogens with zero attached hydrogens (tertiary/aromatic N) is 3. The number of benzene rings is 1. The van der Waals surface area contributed by atoms with E-state index in [1.807, 2.05) is 4.90 Å². The zero-order valence-corrected chi connectivity index (χ0v) is 13.3. The van der Waals surface area contributed by atoms with Gasteiger partial charge in [-0.2, -0.15) is 18.2 Å². The summed E-state index contributed by atoms with van der Waals surface area (Å²) in [5.74, 6) is 0.0435. The van der Waals surface area contributed by atoms with Gasteiger partial charge in [-0.05, 0) is 38.1 Å². The molecule has 1 aliphatic rings. The van der Waals surface area contributed by atoms with E-state index in [9.17, 15) is 18.0 Å². The molecule has 2 N–H and O–H groups in total. The van der Waals surface area contributed by atoms with Crippen LogP contribution in [0.25, 0.3) is 11.4 Å². The summed E-state index contributed by atoms with van der Waals surface area (Å²) in [6.07, 6.45) is -3.08. The summed E-state index contributed by atoms with van der Waals surface area (Å²) in [6, 6.07) is 4.80. The van der Waals surface area contributed by atoms with Gasteiger partial charge in [-0.1, -0.05) is 17.3 Å². The zero-order chi connectivity index (χ0) is 18.0. The maximum Gasteiger partial charge on any atom is 0.416 e. The van der Waals surface area contributed by atoms with E-state index >= 15 is 0 Å². The minimum absolute atomic E-state index is 0.111. The van der Waals surface area contributed by atoms with Crippen LogP contribution in [0, 0.1) is 5.92 Å². The predicted octanol–water partition coefficient (Wildman–Crippen LogP) is 2.45. The van der Waals surface area contributed by atoms with Gasteiger partial charge in [-0.15, -0.1) is 0 Å². The van der Waals surface area contributed by atoms with Crippen LogP contribution in [-0.4, -0.2) is 34.0 Å². The minimum Gasteiger partial charge on any atom is -0.369 e. The molecule has 0 spiro atoms. The van der Waals surface area contributed by atoms with E-state index in [-0.39, 0.29) is 23.2 Å². The summed E-state index contributed by atoms with van der Waals surface area (Å²) in [6.45, 7) is 1.74. The molecule has 1 amide bonds.